The number of nitrogens with zero attached hydrogens (tertiary/aromatic N) is 2. The molecule has 2 aromatic rings. The summed E-state index contributed by atoms with van der Waals surface area (Å²) in [7, 11) is 3.31. The molecule has 1 saturated carbocycles. The Labute approximate surface area is 300 Å². The van der Waals surface area contributed by atoms with Crippen LogP contribution in [0.4, 0.5) is 0 Å². The van der Waals surface area contributed by atoms with Gasteiger partial charge < -0.3 is 43.6 Å². The van der Waals surface area contributed by atoms with E-state index in [0.29, 0.717) is 54.4 Å². The highest BCUT2D eigenvalue weighted by molar-refractivity contribution is 6.03. The fourth-order valence-electron chi connectivity index (χ4n) is 8.46. The van der Waals surface area contributed by atoms with E-state index < -0.39 is 17.7 Å². The van der Waals surface area contributed by atoms with E-state index in [2.05, 4.69) is 30.5 Å². The zero-order valence-corrected chi connectivity index (χ0v) is 29.6. The first kappa shape index (κ1) is 36.5. The summed E-state index contributed by atoms with van der Waals surface area (Å²) >= 11 is 0. The van der Waals surface area contributed by atoms with E-state index in [1.54, 1.807) is 42.3 Å². The number of aliphatic hydroxyl groups excluding tert-OH is 2. The van der Waals surface area contributed by atoms with Gasteiger partial charge in [0.05, 0.1) is 18.2 Å². The standard InChI is InChI=1S/C40H50N2O9/c1-5-19-47-28-14-16-33-31(23-28)37-29(12-8-10-18-44)26(11-7-9-17-43)21-30-32(41-46-4)24-36(40(51-33,38(30)37)50-20-6-2)42(3)39(45)27-13-15-34-35(22-27)49-25-48-34/h5-6,13-16,21-23,26,29,36-38,43-44H,1-2,7-12,17-20,24-25H2,3-4H3/t26-,29+,36-,37+,38+,40+/m0/s1. The summed E-state index contributed by atoms with van der Waals surface area (Å²) in [5.41, 5.74) is 3.14. The minimum Gasteiger partial charge on any atom is -0.490 e. The molecule has 2 N–H and O–H groups in total. The second-order valence-electron chi connectivity index (χ2n) is 13.5. The second-order valence-corrected chi connectivity index (χ2v) is 13.5. The molecular formula is C40H50N2O9. The van der Waals surface area contributed by atoms with Crippen LogP contribution in [0, 0.1) is 17.8 Å². The summed E-state index contributed by atoms with van der Waals surface area (Å²) in [5, 5.41) is 24.1. The Morgan fingerprint density at radius 1 is 1.00 bits per heavy atom. The number of carbonyl (C=O) groups is 1. The number of hydrogen-bond acceptors (Lipinski definition) is 10. The molecule has 0 aromatic heterocycles. The quantitative estimate of drug-likeness (QED) is 0.116. The third-order valence-electron chi connectivity index (χ3n) is 10.6. The highest BCUT2D eigenvalue weighted by Gasteiger charge is 2.65. The van der Waals surface area contributed by atoms with Gasteiger partial charge in [-0.05, 0) is 79.5 Å². The molecule has 11 nitrogen and oxygen atoms in total. The molecule has 0 spiro atoms. The maximum absolute atomic E-state index is 14.4. The van der Waals surface area contributed by atoms with Crippen LogP contribution in [0.3, 0.4) is 0 Å². The van der Waals surface area contributed by atoms with Gasteiger partial charge in [0.25, 0.3) is 5.91 Å². The lowest BCUT2D eigenvalue weighted by Gasteiger charge is -2.59. The number of unbranched alkanes of at least 4 members (excludes halogenated alkanes) is 2. The highest BCUT2D eigenvalue weighted by Crippen LogP contribution is 2.61. The van der Waals surface area contributed by atoms with Gasteiger partial charge in [0.2, 0.25) is 12.6 Å². The predicted molar refractivity (Wildman–Crippen MR) is 192 cm³/mol. The van der Waals surface area contributed by atoms with Crippen LogP contribution in [-0.4, -0.2) is 85.9 Å². The Morgan fingerprint density at radius 3 is 2.49 bits per heavy atom. The molecule has 2 aliphatic heterocycles. The van der Waals surface area contributed by atoms with Gasteiger partial charge in [-0.3, -0.25) is 4.79 Å². The summed E-state index contributed by atoms with van der Waals surface area (Å²) < 4.78 is 31.2. The van der Waals surface area contributed by atoms with Gasteiger partial charge in [0, 0.05) is 43.7 Å². The number of hydrogen-bond donors (Lipinski definition) is 2. The van der Waals surface area contributed by atoms with E-state index >= 15 is 0 Å². The number of allylic oxidation sites excluding steroid dienone is 1. The van der Waals surface area contributed by atoms with Crippen LogP contribution >= 0.6 is 0 Å². The first-order chi connectivity index (χ1) is 24.9. The smallest absolute Gasteiger partial charge is 0.254 e. The van der Waals surface area contributed by atoms with Crippen molar-refractivity contribution in [2.75, 3.05) is 47.4 Å². The number of benzene rings is 2. The fraction of sp³-hybridized carbons (Fsp3) is 0.500. The Kier molecular flexibility index (Phi) is 11.7. The number of oxime groups is 1. The number of likely N-dealkylation sites (N-methyl/N-ethyl adjacent to an activating group) is 1. The number of aliphatic hydroxyl groups is 2. The topological polar surface area (TPSA) is 129 Å². The second kappa shape index (κ2) is 16.4. The highest BCUT2D eigenvalue weighted by atomic mass is 16.7. The van der Waals surface area contributed by atoms with Crippen LogP contribution in [0.1, 0.15) is 66.8 Å². The van der Waals surface area contributed by atoms with Crippen LogP contribution in [0.15, 0.2) is 78.5 Å². The predicted octanol–water partition coefficient (Wildman–Crippen LogP) is 6.02. The van der Waals surface area contributed by atoms with E-state index in [9.17, 15) is 15.0 Å². The summed E-state index contributed by atoms with van der Waals surface area (Å²) in [6.45, 7) is 8.67. The molecule has 51 heavy (non-hydrogen) atoms. The monoisotopic (exact) mass is 702 g/mol. The van der Waals surface area contributed by atoms with E-state index in [4.69, 9.17) is 28.5 Å². The normalized spacial score (nSPS) is 26.3. The van der Waals surface area contributed by atoms with E-state index in [-0.39, 0.29) is 50.3 Å². The molecule has 274 valence electrons. The van der Waals surface area contributed by atoms with Gasteiger partial charge in [-0.25, -0.2) is 0 Å². The number of ether oxygens (including phenoxy) is 5. The molecule has 1 amide bonds. The van der Waals surface area contributed by atoms with Crippen molar-refractivity contribution >= 4 is 11.6 Å². The average Bonchev–Trinajstić information content (AvgIpc) is 3.62. The molecule has 0 unspecified atom stereocenters. The number of carbonyl (C=O) groups excluding carboxylic acids is 1. The van der Waals surface area contributed by atoms with Crippen molar-refractivity contribution in [1.82, 2.24) is 4.90 Å². The molecule has 0 bridgehead atoms. The minimum absolute atomic E-state index is 0.104. The zero-order valence-electron chi connectivity index (χ0n) is 29.6. The Morgan fingerprint density at radius 2 is 1.75 bits per heavy atom. The molecular weight excluding hydrogens is 652 g/mol. The van der Waals surface area contributed by atoms with Crippen LogP contribution in [-0.2, 0) is 9.57 Å². The van der Waals surface area contributed by atoms with Crippen LogP contribution in [0.2, 0.25) is 0 Å². The number of amides is 1. The van der Waals surface area contributed by atoms with Crippen molar-refractivity contribution in [3.05, 3.63) is 84.5 Å². The summed E-state index contributed by atoms with van der Waals surface area (Å²) in [4.78, 5) is 21.6. The largest absolute Gasteiger partial charge is 0.490 e. The van der Waals surface area contributed by atoms with Gasteiger partial charge >= 0.3 is 0 Å². The van der Waals surface area contributed by atoms with Crippen LogP contribution in [0.5, 0.6) is 23.0 Å². The van der Waals surface area contributed by atoms with Gasteiger partial charge in [-0.2, -0.15) is 0 Å². The van der Waals surface area contributed by atoms with Gasteiger partial charge in [0.15, 0.2) is 11.5 Å². The van der Waals surface area contributed by atoms with Crippen molar-refractivity contribution in [3.63, 3.8) is 0 Å². The molecule has 2 heterocycles. The number of rotatable bonds is 17. The van der Waals surface area contributed by atoms with Gasteiger partial charge in [0.1, 0.15) is 31.3 Å². The van der Waals surface area contributed by atoms with E-state index in [1.165, 1.54) is 7.11 Å². The SMILES string of the molecule is C=CCOc1ccc2c(c1)[C@H]1[C@H](CCCCO)[C@@H](CCCCO)C=C3C(=NOC)C[C@H](N(C)C(=O)c4ccc5c(c4)OCO5)[C@@](OCC=C)(O2)[C@H]31. The third kappa shape index (κ3) is 7.11. The summed E-state index contributed by atoms with van der Waals surface area (Å²) in [6, 6.07) is 10.4. The van der Waals surface area contributed by atoms with Crippen molar-refractivity contribution in [1.29, 1.82) is 0 Å². The molecule has 11 heteroatoms. The maximum Gasteiger partial charge on any atom is 0.254 e. The molecule has 0 saturated heterocycles. The molecule has 0 radical (unpaired) electrons. The van der Waals surface area contributed by atoms with Gasteiger partial charge in [-0.15, -0.1) is 6.58 Å². The molecule has 2 aliphatic carbocycles. The third-order valence-corrected chi connectivity index (χ3v) is 10.6. The Balaban J connectivity index is 1.54. The fourth-order valence-corrected chi connectivity index (χ4v) is 8.46. The first-order valence-electron chi connectivity index (χ1n) is 17.9. The van der Waals surface area contributed by atoms with Crippen molar-refractivity contribution in [3.8, 4) is 23.0 Å². The Bertz CT molecular complexity index is 1640. The van der Waals surface area contributed by atoms with E-state index in [1.807, 2.05) is 12.1 Å². The average molecular weight is 703 g/mol. The summed E-state index contributed by atoms with van der Waals surface area (Å²) in [5.74, 6) is 0.628. The van der Waals surface area contributed by atoms with Crippen molar-refractivity contribution in [2.24, 2.45) is 22.9 Å². The van der Waals surface area contributed by atoms with E-state index in [0.717, 1.165) is 42.5 Å². The lowest BCUT2D eigenvalue weighted by atomic mass is 9.55. The maximum atomic E-state index is 14.4. The zero-order chi connectivity index (χ0) is 36.0. The van der Waals surface area contributed by atoms with Crippen LogP contribution < -0.4 is 18.9 Å². The Hall–Kier alpha value is -4.32. The molecule has 4 aliphatic rings. The molecule has 2 aromatic carbocycles. The van der Waals surface area contributed by atoms with Gasteiger partial charge in [-0.1, -0.05) is 42.8 Å². The molecule has 6 rings (SSSR count). The molecule has 6 atom stereocenters. The van der Waals surface area contributed by atoms with Crippen molar-refractivity contribution in [2.45, 2.75) is 62.7 Å². The lowest BCUT2D eigenvalue weighted by Crippen LogP contribution is -2.69. The van der Waals surface area contributed by atoms with Crippen LogP contribution in [0.25, 0.3) is 0 Å². The minimum atomic E-state index is -1.33. The lowest BCUT2D eigenvalue weighted by molar-refractivity contribution is -0.252. The first-order valence-corrected chi connectivity index (χ1v) is 17.9. The summed E-state index contributed by atoms with van der Waals surface area (Å²) in [6.07, 6.45) is 10.8. The van der Waals surface area contributed by atoms with Crippen molar-refractivity contribution < 1.29 is 43.5 Å². The molecule has 1 fully saturated rings. The number of fused-ring (bicyclic) bond motifs is 3.